The molecule has 0 saturated heterocycles. The van der Waals surface area contributed by atoms with Crippen molar-refractivity contribution in [3.8, 4) is 0 Å². The number of carbonyl (C=O) groups excluding carboxylic acids is 1. The minimum absolute atomic E-state index is 0.255. The first kappa shape index (κ1) is 13.0. The smallest absolute Gasteiger partial charge is 0.409 e. The summed E-state index contributed by atoms with van der Waals surface area (Å²) in [6, 6.07) is 3.81. The summed E-state index contributed by atoms with van der Waals surface area (Å²) in [7, 11) is 0. The highest BCUT2D eigenvalue weighted by molar-refractivity contribution is 6.34. The molecule has 0 aliphatic carbocycles. The number of hydrogen-bond acceptors (Lipinski definition) is 3. The number of halogens is 1. The minimum Gasteiger partial charge on any atom is -0.450 e. The van der Waals surface area contributed by atoms with Gasteiger partial charge in [0.1, 0.15) is 0 Å². The van der Waals surface area contributed by atoms with Crippen LogP contribution in [-0.4, -0.2) is 30.7 Å². The van der Waals surface area contributed by atoms with E-state index in [2.05, 4.69) is 0 Å². The molecule has 0 unspecified atom stereocenters. The number of amides is 1. The number of rotatable bonds is 1. The lowest BCUT2D eigenvalue weighted by molar-refractivity contribution is 0.109. The fourth-order valence-electron chi connectivity index (χ4n) is 2.20. The van der Waals surface area contributed by atoms with Crippen molar-refractivity contribution in [1.29, 1.82) is 0 Å². The average Bonchev–Trinajstić information content (AvgIpc) is 2.57. The second-order valence-corrected chi connectivity index (χ2v) is 4.67. The normalized spacial score (nSPS) is 14.9. The second-order valence-electron chi connectivity index (χ2n) is 4.29. The van der Waals surface area contributed by atoms with Gasteiger partial charge in [-0.15, -0.1) is 0 Å². The Bertz CT molecular complexity index is 463. The molecule has 0 atom stereocenters. The standard InChI is InChI=1S/C13H17ClN2O2/c1-2-18-13(17)16-7-5-9-3-4-11(15)12(14)10(9)6-8-16/h3-4H,2,5-8,15H2,1H3. The fourth-order valence-corrected chi connectivity index (χ4v) is 2.47. The van der Waals surface area contributed by atoms with Crippen molar-refractivity contribution < 1.29 is 9.53 Å². The van der Waals surface area contributed by atoms with Crippen LogP contribution in [0.1, 0.15) is 18.1 Å². The fraction of sp³-hybridized carbons (Fsp3) is 0.462. The Balaban J connectivity index is 2.17. The number of benzene rings is 1. The maximum Gasteiger partial charge on any atom is 0.409 e. The van der Waals surface area contributed by atoms with E-state index in [-0.39, 0.29) is 6.09 Å². The van der Waals surface area contributed by atoms with Gasteiger partial charge in [0, 0.05) is 13.1 Å². The van der Waals surface area contributed by atoms with E-state index in [1.807, 2.05) is 19.1 Å². The van der Waals surface area contributed by atoms with E-state index in [1.54, 1.807) is 4.90 Å². The first-order chi connectivity index (χ1) is 8.63. The molecule has 1 amide bonds. The molecule has 0 radical (unpaired) electrons. The Morgan fingerprint density at radius 2 is 2.17 bits per heavy atom. The van der Waals surface area contributed by atoms with Crippen molar-refractivity contribution in [3.63, 3.8) is 0 Å². The van der Waals surface area contributed by atoms with Gasteiger partial charge in [0.05, 0.1) is 17.3 Å². The summed E-state index contributed by atoms with van der Waals surface area (Å²) in [6.45, 7) is 3.49. The zero-order chi connectivity index (χ0) is 13.1. The van der Waals surface area contributed by atoms with E-state index < -0.39 is 0 Å². The van der Waals surface area contributed by atoms with E-state index in [0.29, 0.717) is 30.4 Å². The van der Waals surface area contributed by atoms with Gasteiger partial charge < -0.3 is 15.4 Å². The molecule has 2 rings (SSSR count). The van der Waals surface area contributed by atoms with Crippen LogP contribution in [0.5, 0.6) is 0 Å². The molecule has 4 nitrogen and oxygen atoms in total. The number of anilines is 1. The highest BCUT2D eigenvalue weighted by Crippen LogP contribution is 2.29. The van der Waals surface area contributed by atoms with Crippen molar-refractivity contribution in [2.24, 2.45) is 0 Å². The summed E-state index contributed by atoms with van der Waals surface area (Å²) in [5.41, 5.74) is 8.62. The molecule has 1 aromatic rings. The summed E-state index contributed by atoms with van der Waals surface area (Å²) >= 11 is 6.21. The molecular formula is C13H17ClN2O2. The number of nitrogen functional groups attached to an aromatic ring is 1. The Morgan fingerprint density at radius 1 is 1.44 bits per heavy atom. The first-order valence-electron chi connectivity index (χ1n) is 6.11. The molecule has 1 aliphatic rings. The third-order valence-corrected chi connectivity index (χ3v) is 3.63. The lowest BCUT2D eigenvalue weighted by Crippen LogP contribution is -2.33. The largest absolute Gasteiger partial charge is 0.450 e. The molecule has 0 bridgehead atoms. The molecule has 1 aliphatic heterocycles. The van der Waals surface area contributed by atoms with Gasteiger partial charge in [-0.05, 0) is 37.0 Å². The predicted octanol–water partition coefficient (Wildman–Crippen LogP) is 2.48. The van der Waals surface area contributed by atoms with Crippen LogP contribution >= 0.6 is 11.6 Å². The quantitative estimate of drug-likeness (QED) is 0.796. The van der Waals surface area contributed by atoms with Crippen LogP contribution in [-0.2, 0) is 17.6 Å². The minimum atomic E-state index is -0.255. The maximum absolute atomic E-state index is 11.7. The lowest BCUT2D eigenvalue weighted by atomic mass is 10.0. The topological polar surface area (TPSA) is 55.6 Å². The second kappa shape index (κ2) is 5.48. The first-order valence-corrected chi connectivity index (χ1v) is 6.48. The third-order valence-electron chi connectivity index (χ3n) is 3.18. The van der Waals surface area contributed by atoms with Gasteiger partial charge in [-0.25, -0.2) is 4.79 Å². The number of ether oxygens (including phenoxy) is 1. The number of hydrogen-bond donors (Lipinski definition) is 1. The number of nitrogens with two attached hydrogens (primary N) is 1. The monoisotopic (exact) mass is 268 g/mol. The molecule has 18 heavy (non-hydrogen) atoms. The van der Waals surface area contributed by atoms with Crippen LogP contribution in [0.25, 0.3) is 0 Å². The Hall–Kier alpha value is -1.42. The molecule has 0 fully saturated rings. The third kappa shape index (κ3) is 2.53. The van der Waals surface area contributed by atoms with Crippen LogP contribution in [0.4, 0.5) is 10.5 Å². The van der Waals surface area contributed by atoms with Crippen molar-refractivity contribution in [1.82, 2.24) is 4.90 Å². The average molecular weight is 269 g/mol. The SMILES string of the molecule is CCOC(=O)N1CCc2ccc(N)c(Cl)c2CC1. The summed E-state index contributed by atoms with van der Waals surface area (Å²) in [5, 5.41) is 0.623. The van der Waals surface area contributed by atoms with Crippen LogP contribution < -0.4 is 5.73 Å². The predicted molar refractivity (Wildman–Crippen MR) is 71.9 cm³/mol. The van der Waals surface area contributed by atoms with Gasteiger partial charge >= 0.3 is 6.09 Å². The molecule has 1 heterocycles. The van der Waals surface area contributed by atoms with Crippen LogP contribution in [0.3, 0.4) is 0 Å². The van der Waals surface area contributed by atoms with Crippen molar-refractivity contribution in [3.05, 3.63) is 28.3 Å². The van der Waals surface area contributed by atoms with Gasteiger partial charge in [0.15, 0.2) is 0 Å². The van der Waals surface area contributed by atoms with Gasteiger partial charge in [-0.2, -0.15) is 0 Å². The lowest BCUT2D eigenvalue weighted by Gasteiger charge is -2.18. The van der Waals surface area contributed by atoms with Crippen molar-refractivity contribution in [2.45, 2.75) is 19.8 Å². The highest BCUT2D eigenvalue weighted by atomic mass is 35.5. The van der Waals surface area contributed by atoms with Crippen molar-refractivity contribution >= 4 is 23.4 Å². The van der Waals surface area contributed by atoms with Gasteiger partial charge in [-0.1, -0.05) is 17.7 Å². The van der Waals surface area contributed by atoms with Crippen LogP contribution in [0.15, 0.2) is 12.1 Å². The molecule has 1 aromatic carbocycles. The van der Waals surface area contributed by atoms with Gasteiger partial charge in [0.2, 0.25) is 0 Å². The summed E-state index contributed by atoms with van der Waals surface area (Å²) in [6.07, 6.45) is 1.25. The molecule has 2 N–H and O–H groups in total. The number of nitrogens with zero attached hydrogens (tertiary/aromatic N) is 1. The van der Waals surface area contributed by atoms with Crippen LogP contribution in [0, 0.1) is 0 Å². The Labute approximate surface area is 112 Å². The summed E-state index contributed by atoms with van der Waals surface area (Å²) < 4.78 is 5.02. The molecule has 5 heteroatoms. The molecule has 0 aromatic heterocycles. The zero-order valence-electron chi connectivity index (χ0n) is 10.4. The molecule has 0 saturated carbocycles. The Kier molecular flexibility index (Phi) is 3.97. The van der Waals surface area contributed by atoms with E-state index in [9.17, 15) is 4.79 Å². The number of carbonyl (C=O) groups is 1. The van der Waals surface area contributed by atoms with E-state index in [0.717, 1.165) is 18.4 Å². The van der Waals surface area contributed by atoms with Crippen LogP contribution in [0.2, 0.25) is 5.02 Å². The maximum atomic E-state index is 11.7. The Morgan fingerprint density at radius 3 is 2.89 bits per heavy atom. The molecule has 98 valence electrons. The van der Waals surface area contributed by atoms with Gasteiger partial charge in [0.25, 0.3) is 0 Å². The molecule has 0 spiro atoms. The van der Waals surface area contributed by atoms with E-state index >= 15 is 0 Å². The highest BCUT2D eigenvalue weighted by Gasteiger charge is 2.21. The van der Waals surface area contributed by atoms with Gasteiger partial charge in [-0.3, -0.25) is 0 Å². The van der Waals surface area contributed by atoms with Crippen molar-refractivity contribution in [2.75, 3.05) is 25.4 Å². The molecular weight excluding hydrogens is 252 g/mol. The zero-order valence-corrected chi connectivity index (χ0v) is 11.2. The summed E-state index contributed by atoms with van der Waals surface area (Å²) in [5.74, 6) is 0. The number of fused-ring (bicyclic) bond motifs is 1. The summed E-state index contributed by atoms with van der Waals surface area (Å²) in [4.78, 5) is 13.4. The van der Waals surface area contributed by atoms with E-state index in [1.165, 1.54) is 5.56 Å². The van der Waals surface area contributed by atoms with E-state index in [4.69, 9.17) is 22.1 Å².